The normalized spacial score (nSPS) is 11.8. The summed E-state index contributed by atoms with van der Waals surface area (Å²) in [5.74, 6) is -1.82. The highest BCUT2D eigenvalue weighted by Crippen LogP contribution is 2.30. The zero-order chi connectivity index (χ0) is 29.5. The number of methoxy groups -OCH3 is 1. The van der Waals surface area contributed by atoms with Crippen LogP contribution in [0.3, 0.4) is 0 Å². The Balaban J connectivity index is 1.82. The summed E-state index contributed by atoms with van der Waals surface area (Å²) in [5, 5.41) is 3.23. The van der Waals surface area contributed by atoms with Gasteiger partial charge in [-0.3, -0.25) is 4.79 Å². The smallest absolute Gasteiger partial charge is 0.240 e. The third-order valence-electron chi connectivity index (χ3n) is 5.88. The summed E-state index contributed by atoms with van der Waals surface area (Å²) in [7, 11) is 1.57. The van der Waals surface area contributed by atoms with Crippen LogP contribution in [0.25, 0.3) is 0 Å². The van der Waals surface area contributed by atoms with Gasteiger partial charge >= 0.3 is 0 Å². The van der Waals surface area contributed by atoms with Gasteiger partial charge in [-0.05, 0) is 84.3 Å². The molecule has 0 saturated heterocycles. The van der Waals surface area contributed by atoms with Crippen LogP contribution in [0.15, 0.2) is 76.8 Å². The molecule has 4 rings (SSSR count). The average molecular weight is 583 g/mol. The lowest BCUT2D eigenvalue weighted by atomic mass is 10.0. The van der Waals surface area contributed by atoms with Crippen molar-refractivity contribution in [3.8, 4) is 5.75 Å². The molecule has 1 amide bonds. The van der Waals surface area contributed by atoms with Crippen molar-refractivity contribution in [1.82, 2.24) is 15.0 Å². The number of hydrogen-bond donors (Lipinski definition) is 2. The van der Waals surface area contributed by atoms with Gasteiger partial charge in [0.1, 0.15) is 29.2 Å². The maximum absolute atomic E-state index is 14.1. The molecule has 0 aliphatic heterocycles. The van der Waals surface area contributed by atoms with Crippen LogP contribution in [0.5, 0.6) is 5.75 Å². The van der Waals surface area contributed by atoms with E-state index < -0.39 is 29.4 Å². The molecule has 0 radical (unpaired) electrons. The molecule has 1 aromatic heterocycles. The van der Waals surface area contributed by atoms with Gasteiger partial charge in [-0.2, -0.15) is 15.0 Å². The zero-order valence-corrected chi connectivity index (χ0v) is 23.5. The topological polar surface area (TPSA) is 106 Å². The van der Waals surface area contributed by atoms with Gasteiger partial charge < -0.3 is 20.7 Å². The molecule has 4 aromatic rings. The van der Waals surface area contributed by atoms with E-state index in [4.69, 9.17) is 10.5 Å². The fraction of sp³-hybridized carbons (Fsp3) is 0.241. The zero-order valence-electron chi connectivity index (χ0n) is 22.6. The fourth-order valence-electron chi connectivity index (χ4n) is 4.08. The van der Waals surface area contributed by atoms with E-state index in [2.05, 4.69) is 20.3 Å². The molecule has 0 saturated carbocycles. The van der Waals surface area contributed by atoms with Crippen LogP contribution in [-0.2, 0) is 11.3 Å². The summed E-state index contributed by atoms with van der Waals surface area (Å²) in [5.41, 5.74) is 6.47. The highest BCUT2D eigenvalue weighted by atomic mass is 32.2. The van der Waals surface area contributed by atoms with Crippen molar-refractivity contribution in [2.75, 3.05) is 17.3 Å². The largest absolute Gasteiger partial charge is 0.497 e. The Labute approximate surface area is 240 Å². The molecule has 0 bridgehead atoms. The van der Waals surface area contributed by atoms with Gasteiger partial charge in [0, 0.05) is 23.2 Å². The minimum atomic E-state index is -0.912. The Morgan fingerprint density at radius 3 is 2.29 bits per heavy atom. The summed E-state index contributed by atoms with van der Waals surface area (Å²) in [6.45, 7) is 3.72. The highest BCUT2D eigenvalue weighted by molar-refractivity contribution is 7.99. The van der Waals surface area contributed by atoms with Gasteiger partial charge in [0.15, 0.2) is 5.16 Å². The summed E-state index contributed by atoms with van der Waals surface area (Å²) < 4.78 is 47.3. The van der Waals surface area contributed by atoms with E-state index in [0.29, 0.717) is 17.9 Å². The molecule has 0 aliphatic carbocycles. The number of ether oxygens (including phenoxy) is 1. The minimum absolute atomic E-state index is 0.0408. The highest BCUT2D eigenvalue weighted by Gasteiger charge is 2.29. The Hall–Kier alpha value is -4.32. The lowest BCUT2D eigenvalue weighted by Crippen LogP contribution is -2.46. The van der Waals surface area contributed by atoms with Crippen molar-refractivity contribution >= 4 is 35.3 Å². The molecule has 1 atom stereocenters. The van der Waals surface area contributed by atoms with Gasteiger partial charge in [-0.1, -0.05) is 19.9 Å². The molecular weight excluding hydrogens is 553 g/mol. The maximum atomic E-state index is 14.1. The number of aromatic nitrogens is 3. The molecule has 0 spiro atoms. The Morgan fingerprint density at radius 1 is 0.976 bits per heavy atom. The van der Waals surface area contributed by atoms with Crippen molar-refractivity contribution in [3.63, 3.8) is 0 Å². The first-order chi connectivity index (χ1) is 19.6. The second-order valence-corrected chi connectivity index (χ2v) is 10.6. The van der Waals surface area contributed by atoms with E-state index in [9.17, 15) is 18.0 Å². The predicted molar refractivity (Wildman–Crippen MR) is 152 cm³/mol. The van der Waals surface area contributed by atoms with E-state index in [1.54, 1.807) is 25.3 Å². The minimum Gasteiger partial charge on any atom is -0.497 e. The van der Waals surface area contributed by atoms with Crippen molar-refractivity contribution in [2.45, 2.75) is 42.9 Å². The van der Waals surface area contributed by atoms with Crippen LogP contribution in [0.4, 0.5) is 30.8 Å². The molecule has 12 heteroatoms. The standard InChI is InChI=1S/C29H29F3N6O2S/c1-17(2)11-25(26(33)39)38(16-18-12-20(31)14-21(32)13-18)28-35-27(34-22-6-4-5-19(30)15-22)36-29(37-28)41-24-9-7-23(40-3)8-10-24/h4-10,12-15,17,25H,11,16H2,1-3H3,(H2,33,39)(H,34,35,36,37)/t25-/m0/s1. The summed E-state index contributed by atoms with van der Waals surface area (Å²) in [6.07, 6.45) is 0.326. The number of benzene rings is 3. The molecule has 41 heavy (non-hydrogen) atoms. The molecule has 8 nitrogen and oxygen atoms in total. The summed E-state index contributed by atoms with van der Waals surface area (Å²) in [4.78, 5) is 28.6. The Kier molecular flexibility index (Phi) is 9.66. The Bertz CT molecular complexity index is 1490. The number of nitrogens with zero attached hydrogens (tertiary/aromatic N) is 4. The van der Waals surface area contributed by atoms with Crippen LogP contribution in [0.2, 0.25) is 0 Å². The number of amides is 1. The van der Waals surface area contributed by atoms with Crippen LogP contribution in [-0.4, -0.2) is 34.0 Å². The van der Waals surface area contributed by atoms with E-state index in [0.717, 1.165) is 11.0 Å². The van der Waals surface area contributed by atoms with Crippen LogP contribution >= 0.6 is 11.8 Å². The molecule has 3 N–H and O–H groups in total. The predicted octanol–water partition coefficient (Wildman–Crippen LogP) is 6.10. The summed E-state index contributed by atoms with van der Waals surface area (Å²) >= 11 is 1.22. The van der Waals surface area contributed by atoms with Gasteiger partial charge in [-0.15, -0.1) is 0 Å². The number of nitrogens with one attached hydrogen (secondary N) is 1. The number of carbonyl (C=O) groups is 1. The van der Waals surface area contributed by atoms with Crippen LogP contribution in [0.1, 0.15) is 25.8 Å². The average Bonchev–Trinajstić information content (AvgIpc) is 2.90. The maximum Gasteiger partial charge on any atom is 0.240 e. The molecule has 0 unspecified atom stereocenters. The van der Waals surface area contributed by atoms with Crippen molar-refractivity contribution in [2.24, 2.45) is 11.7 Å². The first-order valence-corrected chi connectivity index (χ1v) is 13.5. The first-order valence-electron chi connectivity index (χ1n) is 12.7. The van der Waals surface area contributed by atoms with Crippen molar-refractivity contribution in [1.29, 1.82) is 0 Å². The number of rotatable bonds is 12. The monoisotopic (exact) mass is 582 g/mol. The second kappa shape index (κ2) is 13.4. The second-order valence-electron chi connectivity index (χ2n) is 9.61. The molecule has 0 fully saturated rings. The SMILES string of the molecule is COc1ccc(Sc2nc(Nc3cccc(F)c3)nc(N(Cc3cc(F)cc(F)c3)[C@@H](CC(C)C)C(N)=O)n2)cc1. The first kappa shape index (κ1) is 29.7. The van der Waals surface area contributed by atoms with E-state index in [1.165, 1.54) is 47.0 Å². The number of halogens is 3. The van der Waals surface area contributed by atoms with Crippen LogP contribution in [0, 0.1) is 23.4 Å². The number of carbonyl (C=O) groups excluding carboxylic acids is 1. The Morgan fingerprint density at radius 2 is 1.68 bits per heavy atom. The number of hydrogen-bond acceptors (Lipinski definition) is 8. The van der Waals surface area contributed by atoms with Gasteiger partial charge in [0.25, 0.3) is 0 Å². The third kappa shape index (κ3) is 8.34. The third-order valence-corrected chi connectivity index (χ3v) is 6.76. The van der Waals surface area contributed by atoms with Crippen LogP contribution < -0.4 is 20.7 Å². The lowest BCUT2D eigenvalue weighted by Gasteiger charge is -2.31. The van der Waals surface area contributed by atoms with Gasteiger partial charge in [0.05, 0.1) is 7.11 Å². The van der Waals surface area contributed by atoms with Gasteiger partial charge in [-0.25, -0.2) is 13.2 Å². The molecule has 3 aromatic carbocycles. The number of anilines is 3. The fourth-order valence-corrected chi connectivity index (χ4v) is 4.83. The number of primary amides is 1. The number of nitrogens with two attached hydrogens (primary N) is 1. The quantitative estimate of drug-likeness (QED) is 0.207. The molecular formula is C29H29F3N6O2S. The molecule has 0 aliphatic rings. The lowest BCUT2D eigenvalue weighted by molar-refractivity contribution is -0.119. The van der Waals surface area contributed by atoms with E-state index in [-0.39, 0.29) is 35.1 Å². The van der Waals surface area contributed by atoms with Gasteiger partial charge in [0.2, 0.25) is 17.8 Å². The van der Waals surface area contributed by atoms with E-state index in [1.807, 2.05) is 26.0 Å². The van der Waals surface area contributed by atoms with E-state index >= 15 is 0 Å². The molecule has 1 heterocycles. The van der Waals surface area contributed by atoms with Crippen molar-refractivity contribution in [3.05, 3.63) is 89.7 Å². The van der Waals surface area contributed by atoms with Crippen molar-refractivity contribution < 1.29 is 22.7 Å². The summed E-state index contributed by atoms with van der Waals surface area (Å²) in [6, 6.07) is 15.2. The molecule has 214 valence electrons.